The third-order valence-corrected chi connectivity index (χ3v) is 1.64. The van der Waals surface area contributed by atoms with E-state index >= 15 is 0 Å². The third kappa shape index (κ3) is 3.66. The molecule has 0 rings (SSSR count). The molecule has 0 saturated carbocycles. The maximum absolute atomic E-state index is 10.4. The number of carboxylic acids is 1. The molecular weight excluding hydrogens is 164 g/mol. The Labute approximate surface area is 70.3 Å². The van der Waals surface area contributed by atoms with Crippen molar-refractivity contribution in [2.45, 2.75) is 25.6 Å². The largest absolute Gasteiger partial charge is 0.481 e. The summed E-state index contributed by atoms with van der Waals surface area (Å²) in [7, 11) is 0. The Bertz CT molecular complexity index is 145. The number of hydrogen-bond acceptors (Lipinski definition) is 4. The van der Waals surface area contributed by atoms with Crippen molar-refractivity contribution in [3.8, 4) is 0 Å². The van der Waals surface area contributed by atoms with Crippen LogP contribution >= 0.6 is 0 Å². The van der Waals surface area contributed by atoms with E-state index in [9.17, 15) is 4.79 Å². The normalized spacial score (nSPS) is 18.3. The average Bonchev–Trinajstić information content (AvgIpc) is 1.98. The molecule has 0 aromatic carbocycles. The van der Waals surface area contributed by atoms with Gasteiger partial charge >= 0.3 is 5.97 Å². The van der Waals surface area contributed by atoms with E-state index in [1.807, 2.05) is 0 Å². The lowest BCUT2D eigenvalue weighted by Crippen LogP contribution is -2.30. The predicted octanol–water partition coefficient (Wildman–Crippen LogP) is -1.19. The Morgan fingerprint density at radius 1 is 1.42 bits per heavy atom. The van der Waals surface area contributed by atoms with Gasteiger partial charge in [0.1, 0.15) is 0 Å². The van der Waals surface area contributed by atoms with Crippen LogP contribution in [0.5, 0.6) is 0 Å². The monoisotopic (exact) mass is 178 g/mol. The summed E-state index contributed by atoms with van der Waals surface area (Å²) in [4.78, 5) is 10.4. The van der Waals surface area contributed by atoms with Gasteiger partial charge in [-0.2, -0.15) is 0 Å². The number of aliphatic hydroxyl groups excluding tert-OH is 3. The molecule has 0 aromatic rings. The quantitative estimate of drug-likeness (QED) is 0.424. The molecule has 3 unspecified atom stereocenters. The minimum absolute atomic E-state index is 0.135. The lowest BCUT2D eigenvalue weighted by Gasteiger charge is -2.17. The Hall–Kier alpha value is -0.650. The predicted molar refractivity (Wildman–Crippen MR) is 40.5 cm³/mol. The number of carbonyl (C=O) groups is 1. The van der Waals surface area contributed by atoms with Crippen molar-refractivity contribution in [3.05, 3.63) is 0 Å². The first-order valence-electron chi connectivity index (χ1n) is 3.68. The molecule has 0 heterocycles. The van der Waals surface area contributed by atoms with Crippen molar-refractivity contribution >= 4 is 5.97 Å². The maximum Gasteiger partial charge on any atom is 0.309 e. The van der Waals surface area contributed by atoms with Gasteiger partial charge in [0, 0.05) is 0 Å². The molecule has 0 amide bonds. The maximum atomic E-state index is 10.4. The van der Waals surface area contributed by atoms with E-state index in [0.29, 0.717) is 0 Å². The van der Waals surface area contributed by atoms with Crippen molar-refractivity contribution in [3.63, 3.8) is 0 Å². The minimum atomic E-state index is -1.17. The van der Waals surface area contributed by atoms with E-state index in [1.165, 1.54) is 6.92 Å². The van der Waals surface area contributed by atoms with E-state index in [0.717, 1.165) is 0 Å². The molecule has 0 bridgehead atoms. The topological polar surface area (TPSA) is 98.0 Å². The van der Waals surface area contributed by atoms with Crippen LogP contribution in [0, 0.1) is 5.92 Å². The van der Waals surface area contributed by atoms with Gasteiger partial charge in [-0.25, -0.2) is 0 Å². The van der Waals surface area contributed by atoms with E-state index in [4.69, 9.17) is 20.4 Å². The smallest absolute Gasteiger partial charge is 0.309 e. The van der Waals surface area contributed by atoms with Crippen molar-refractivity contribution in [2.24, 2.45) is 5.92 Å². The summed E-state index contributed by atoms with van der Waals surface area (Å²) in [6.07, 6.45) is -2.24. The highest BCUT2D eigenvalue weighted by Gasteiger charge is 2.25. The van der Waals surface area contributed by atoms with Gasteiger partial charge in [-0.15, -0.1) is 0 Å². The fraction of sp³-hybridized carbons (Fsp3) is 0.857. The van der Waals surface area contributed by atoms with Gasteiger partial charge in [0.25, 0.3) is 0 Å². The van der Waals surface area contributed by atoms with Crippen molar-refractivity contribution in [1.82, 2.24) is 0 Å². The van der Waals surface area contributed by atoms with Gasteiger partial charge in [0.15, 0.2) is 0 Å². The molecule has 0 aliphatic heterocycles. The van der Waals surface area contributed by atoms with Crippen LogP contribution in [0.2, 0.25) is 0 Å². The second kappa shape index (κ2) is 5.08. The summed E-state index contributed by atoms with van der Waals surface area (Å²) >= 11 is 0. The zero-order valence-corrected chi connectivity index (χ0v) is 6.84. The van der Waals surface area contributed by atoms with Gasteiger partial charge in [-0.1, -0.05) is 0 Å². The Morgan fingerprint density at radius 2 is 1.92 bits per heavy atom. The Balaban J connectivity index is 4.05. The SMILES string of the molecule is CC(O)C(CC(O)CO)C(=O)O. The molecule has 3 atom stereocenters. The standard InChI is InChI=1S/C7H14O5/c1-4(9)6(7(11)12)2-5(10)3-8/h4-6,8-10H,2-3H2,1H3,(H,11,12). The fourth-order valence-corrected chi connectivity index (χ4v) is 0.872. The number of aliphatic hydroxyl groups is 3. The molecule has 5 heteroatoms. The van der Waals surface area contributed by atoms with E-state index in [1.54, 1.807) is 0 Å². The summed E-state index contributed by atoms with van der Waals surface area (Å²) in [5.74, 6) is -2.19. The van der Waals surface area contributed by atoms with E-state index in [-0.39, 0.29) is 6.42 Å². The lowest BCUT2D eigenvalue weighted by molar-refractivity contribution is -0.147. The molecule has 0 aromatic heterocycles. The van der Waals surface area contributed by atoms with Crippen LogP contribution in [0.15, 0.2) is 0 Å². The molecule has 0 spiro atoms. The highest BCUT2D eigenvalue weighted by atomic mass is 16.4. The highest BCUT2D eigenvalue weighted by molar-refractivity contribution is 5.70. The highest BCUT2D eigenvalue weighted by Crippen LogP contribution is 2.11. The zero-order valence-electron chi connectivity index (χ0n) is 6.84. The first kappa shape index (κ1) is 11.4. The first-order valence-corrected chi connectivity index (χ1v) is 3.68. The van der Waals surface area contributed by atoms with Gasteiger partial charge < -0.3 is 20.4 Å². The zero-order chi connectivity index (χ0) is 9.72. The fourth-order valence-electron chi connectivity index (χ4n) is 0.872. The molecule has 0 saturated heterocycles. The first-order chi connectivity index (χ1) is 5.49. The second-order valence-electron chi connectivity index (χ2n) is 2.76. The molecule has 4 N–H and O–H groups in total. The summed E-state index contributed by atoms with van der Waals surface area (Å²) in [5.41, 5.74) is 0. The van der Waals surface area contributed by atoms with Crippen LogP contribution in [0.3, 0.4) is 0 Å². The summed E-state index contributed by atoms with van der Waals surface area (Å²) in [6, 6.07) is 0. The number of hydrogen-bond donors (Lipinski definition) is 4. The van der Waals surface area contributed by atoms with Crippen LogP contribution < -0.4 is 0 Å². The Morgan fingerprint density at radius 3 is 2.17 bits per heavy atom. The molecule has 72 valence electrons. The summed E-state index contributed by atoms with van der Waals surface area (Å²) in [6.45, 7) is 0.847. The minimum Gasteiger partial charge on any atom is -0.481 e. The van der Waals surface area contributed by atoms with Crippen LogP contribution in [0.4, 0.5) is 0 Å². The van der Waals surface area contributed by atoms with Crippen LogP contribution in [0.25, 0.3) is 0 Å². The van der Waals surface area contributed by atoms with Gasteiger partial charge in [-0.05, 0) is 13.3 Å². The van der Waals surface area contributed by atoms with Crippen molar-refractivity contribution < 1.29 is 25.2 Å². The van der Waals surface area contributed by atoms with Crippen molar-refractivity contribution in [1.29, 1.82) is 0 Å². The molecule has 0 aliphatic carbocycles. The van der Waals surface area contributed by atoms with Gasteiger partial charge in [-0.3, -0.25) is 4.79 Å². The number of rotatable bonds is 5. The van der Waals surface area contributed by atoms with Gasteiger partial charge in [0.05, 0.1) is 24.7 Å². The lowest BCUT2D eigenvalue weighted by atomic mass is 9.97. The molecule has 0 aliphatic rings. The second-order valence-corrected chi connectivity index (χ2v) is 2.76. The number of aliphatic carboxylic acids is 1. The molecule has 5 nitrogen and oxygen atoms in total. The Kier molecular flexibility index (Phi) is 4.80. The van der Waals surface area contributed by atoms with Crippen molar-refractivity contribution in [2.75, 3.05) is 6.61 Å². The van der Waals surface area contributed by atoms with Crippen LogP contribution in [-0.4, -0.2) is 45.2 Å². The number of carboxylic acid groups (broad SMARTS) is 1. The molecule has 12 heavy (non-hydrogen) atoms. The summed E-state index contributed by atoms with van der Waals surface area (Å²) < 4.78 is 0. The molecule has 0 radical (unpaired) electrons. The van der Waals surface area contributed by atoms with Crippen LogP contribution in [0.1, 0.15) is 13.3 Å². The van der Waals surface area contributed by atoms with E-state index in [2.05, 4.69) is 0 Å². The molecule has 0 fully saturated rings. The van der Waals surface area contributed by atoms with Crippen LogP contribution in [-0.2, 0) is 4.79 Å². The summed E-state index contributed by atoms with van der Waals surface area (Å²) in [5, 5.41) is 34.8. The third-order valence-electron chi connectivity index (χ3n) is 1.64. The van der Waals surface area contributed by atoms with E-state index < -0.39 is 30.7 Å². The molecular formula is C7H14O5. The van der Waals surface area contributed by atoms with Gasteiger partial charge in [0.2, 0.25) is 0 Å². The average molecular weight is 178 g/mol.